The van der Waals surface area contributed by atoms with Crippen molar-refractivity contribution in [1.82, 2.24) is 9.78 Å². The Kier molecular flexibility index (Phi) is 3.19. The molecule has 0 unspecified atom stereocenters. The first-order valence-electron chi connectivity index (χ1n) is 5.24. The van der Waals surface area contributed by atoms with Crippen molar-refractivity contribution in [3.8, 4) is 11.8 Å². The van der Waals surface area contributed by atoms with Gasteiger partial charge in [-0.25, -0.2) is 9.48 Å². The molecule has 0 fully saturated rings. The van der Waals surface area contributed by atoms with E-state index >= 15 is 0 Å². The Morgan fingerprint density at radius 1 is 1.35 bits per heavy atom. The Balaban J connectivity index is 2.73. The van der Waals surface area contributed by atoms with Crippen molar-refractivity contribution in [1.29, 1.82) is 5.26 Å². The molecule has 8 heteroatoms. The van der Waals surface area contributed by atoms with Crippen LogP contribution in [-0.2, 0) is 6.18 Å². The predicted octanol–water partition coefficient (Wildman–Crippen LogP) is 2.46. The van der Waals surface area contributed by atoms with E-state index in [1.165, 1.54) is 24.3 Å². The highest BCUT2D eigenvalue weighted by molar-refractivity contribution is 5.85. The van der Waals surface area contributed by atoms with E-state index in [-0.39, 0.29) is 11.3 Å². The Bertz CT molecular complexity index is 713. The van der Waals surface area contributed by atoms with Crippen molar-refractivity contribution < 1.29 is 23.1 Å². The molecule has 102 valence electrons. The van der Waals surface area contributed by atoms with Crippen molar-refractivity contribution in [2.75, 3.05) is 0 Å². The molecule has 0 radical (unpaired) electrons. The molecule has 0 aliphatic carbocycles. The Morgan fingerprint density at radius 3 is 2.55 bits per heavy atom. The first-order chi connectivity index (χ1) is 9.34. The predicted molar refractivity (Wildman–Crippen MR) is 60.2 cm³/mol. The summed E-state index contributed by atoms with van der Waals surface area (Å²) in [6, 6.07) is 7.65. The number of carbonyl (C=O) groups is 1. The molecule has 5 nitrogen and oxygen atoms in total. The molecule has 1 N–H and O–H groups in total. The first kappa shape index (κ1) is 13.6. The average Bonchev–Trinajstić information content (AvgIpc) is 2.83. The van der Waals surface area contributed by atoms with E-state index in [2.05, 4.69) is 5.10 Å². The second kappa shape index (κ2) is 4.70. The summed E-state index contributed by atoms with van der Waals surface area (Å²) in [4.78, 5) is 10.8. The summed E-state index contributed by atoms with van der Waals surface area (Å²) in [5.74, 6) is -1.58. The highest BCUT2D eigenvalue weighted by Gasteiger charge is 2.37. The normalized spacial score (nSPS) is 11.1. The third-order valence-corrected chi connectivity index (χ3v) is 2.47. The summed E-state index contributed by atoms with van der Waals surface area (Å²) in [7, 11) is 0. The van der Waals surface area contributed by atoms with Gasteiger partial charge in [-0.3, -0.25) is 0 Å². The molecule has 0 spiro atoms. The number of rotatable bonds is 2. The lowest BCUT2D eigenvalue weighted by Crippen LogP contribution is -2.14. The van der Waals surface area contributed by atoms with Gasteiger partial charge in [0.05, 0.1) is 11.3 Å². The third-order valence-electron chi connectivity index (χ3n) is 2.47. The summed E-state index contributed by atoms with van der Waals surface area (Å²) in [5, 5.41) is 21.1. The molecule has 2 rings (SSSR count). The zero-order chi connectivity index (χ0) is 14.9. The smallest absolute Gasteiger partial charge is 0.433 e. The number of aromatic carboxylic acids is 1. The van der Waals surface area contributed by atoms with E-state index in [0.717, 1.165) is 0 Å². The van der Waals surface area contributed by atoms with Crippen molar-refractivity contribution in [2.45, 2.75) is 6.18 Å². The molecule has 1 aromatic carbocycles. The van der Waals surface area contributed by atoms with Crippen LogP contribution in [0.25, 0.3) is 5.69 Å². The van der Waals surface area contributed by atoms with Crippen LogP contribution in [0.4, 0.5) is 13.2 Å². The lowest BCUT2D eigenvalue weighted by molar-refractivity contribution is -0.142. The van der Waals surface area contributed by atoms with Crippen LogP contribution in [0.3, 0.4) is 0 Å². The summed E-state index contributed by atoms with van der Waals surface area (Å²) < 4.78 is 39.1. The highest BCUT2D eigenvalue weighted by Crippen LogP contribution is 2.32. The quantitative estimate of drug-likeness (QED) is 0.917. The van der Waals surface area contributed by atoms with Crippen LogP contribution in [0, 0.1) is 11.3 Å². The average molecular weight is 281 g/mol. The van der Waals surface area contributed by atoms with Crippen LogP contribution >= 0.6 is 0 Å². The summed E-state index contributed by atoms with van der Waals surface area (Å²) in [5.41, 5.74) is -2.17. The van der Waals surface area contributed by atoms with Crippen molar-refractivity contribution in [2.24, 2.45) is 0 Å². The minimum atomic E-state index is -4.79. The van der Waals surface area contributed by atoms with Crippen LogP contribution in [0.5, 0.6) is 0 Å². The van der Waals surface area contributed by atoms with Gasteiger partial charge in [0.1, 0.15) is 11.8 Å². The molecule has 20 heavy (non-hydrogen) atoms. The number of halogens is 3. The van der Waals surface area contributed by atoms with Gasteiger partial charge in [0, 0.05) is 6.07 Å². The van der Waals surface area contributed by atoms with Crippen molar-refractivity contribution >= 4 is 5.97 Å². The second-order valence-corrected chi connectivity index (χ2v) is 3.76. The van der Waals surface area contributed by atoms with Gasteiger partial charge in [0.25, 0.3) is 0 Å². The molecule has 0 saturated carbocycles. The molecule has 0 aliphatic rings. The van der Waals surface area contributed by atoms with Gasteiger partial charge in [-0.1, -0.05) is 12.1 Å². The number of alkyl halides is 3. The topological polar surface area (TPSA) is 78.9 Å². The van der Waals surface area contributed by atoms with Crippen LogP contribution < -0.4 is 0 Å². The van der Waals surface area contributed by atoms with Crippen LogP contribution in [0.2, 0.25) is 0 Å². The number of aromatic nitrogens is 2. The van der Waals surface area contributed by atoms with Gasteiger partial charge in [-0.2, -0.15) is 23.5 Å². The maximum atomic E-state index is 12.9. The molecule has 0 aliphatic heterocycles. The minimum absolute atomic E-state index is 0.0435. The standard InChI is InChI=1S/C12H6F3N3O2/c13-12(14,15)10-5-8(11(19)20)17-18(10)9-4-2-1-3-7(9)6-16/h1-5H,(H,19,20). The zero-order valence-corrected chi connectivity index (χ0v) is 9.72. The number of hydrogen-bond donors (Lipinski definition) is 1. The number of nitrogens with zero attached hydrogens (tertiary/aromatic N) is 3. The largest absolute Gasteiger partial charge is 0.476 e. The summed E-state index contributed by atoms with van der Waals surface area (Å²) >= 11 is 0. The maximum Gasteiger partial charge on any atom is 0.433 e. The number of nitriles is 1. The van der Waals surface area contributed by atoms with Crippen LogP contribution in [0.15, 0.2) is 30.3 Å². The van der Waals surface area contributed by atoms with Gasteiger partial charge in [0.2, 0.25) is 0 Å². The molecule has 0 bridgehead atoms. The molecule has 2 aromatic rings. The van der Waals surface area contributed by atoms with Gasteiger partial charge in [-0.05, 0) is 12.1 Å². The Hall–Kier alpha value is -2.82. The third kappa shape index (κ3) is 2.33. The lowest BCUT2D eigenvalue weighted by Gasteiger charge is -2.10. The first-order valence-corrected chi connectivity index (χ1v) is 5.24. The van der Waals surface area contributed by atoms with E-state index in [0.29, 0.717) is 10.7 Å². The number of hydrogen-bond acceptors (Lipinski definition) is 3. The molecule has 0 atom stereocenters. The molecule has 1 aromatic heterocycles. The molecule has 0 saturated heterocycles. The minimum Gasteiger partial charge on any atom is -0.476 e. The van der Waals surface area contributed by atoms with Gasteiger partial charge >= 0.3 is 12.1 Å². The Morgan fingerprint density at radius 2 is 2.00 bits per heavy atom. The van der Waals surface area contributed by atoms with E-state index in [9.17, 15) is 18.0 Å². The number of carboxylic acid groups (broad SMARTS) is 1. The van der Waals surface area contributed by atoms with E-state index in [4.69, 9.17) is 10.4 Å². The SMILES string of the molecule is N#Cc1ccccc1-n1nc(C(=O)O)cc1C(F)(F)F. The summed E-state index contributed by atoms with van der Waals surface area (Å²) in [6.07, 6.45) is -4.79. The number of para-hydroxylation sites is 1. The van der Waals surface area contributed by atoms with Crippen LogP contribution in [0.1, 0.15) is 21.7 Å². The van der Waals surface area contributed by atoms with E-state index < -0.39 is 23.5 Å². The molecular formula is C12H6F3N3O2. The molecule has 1 heterocycles. The maximum absolute atomic E-state index is 12.9. The molecule has 0 amide bonds. The van der Waals surface area contributed by atoms with Gasteiger partial charge < -0.3 is 5.11 Å². The Labute approximate surface area is 110 Å². The van der Waals surface area contributed by atoms with Crippen LogP contribution in [-0.4, -0.2) is 20.9 Å². The van der Waals surface area contributed by atoms with Gasteiger partial charge in [-0.15, -0.1) is 0 Å². The van der Waals surface area contributed by atoms with E-state index in [1.807, 2.05) is 0 Å². The van der Waals surface area contributed by atoms with Gasteiger partial charge in [0.15, 0.2) is 5.69 Å². The van der Waals surface area contributed by atoms with Crippen molar-refractivity contribution in [3.63, 3.8) is 0 Å². The fourth-order valence-corrected chi connectivity index (χ4v) is 1.62. The highest BCUT2D eigenvalue weighted by atomic mass is 19.4. The fourth-order valence-electron chi connectivity index (χ4n) is 1.62. The number of carboxylic acids is 1. The zero-order valence-electron chi connectivity index (χ0n) is 9.72. The lowest BCUT2D eigenvalue weighted by atomic mass is 10.2. The summed E-state index contributed by atoms with van der Waals surface area (Å²) in [6.45, 7) is 0. The van der Waals surface area contributed by atoms with E-state index in [1.54, 1.807) is 6.07 Å². The second-order valence-electron chi connectivity index (χ2n) is 3.76. The van der Waals surface area contributed by atoms with Crippen molar-refractivity contribution in [3.05, 3.63) is 47.3 Å². The monoisotopic (exact) mass is 281 g/mol. The molecular weight excluding hydrogens is 275 g/mol. The fraction of sp³-hybridized carbons (Fsp3) is 0.0833. The number of benzene rings is 1.